The summed E-state index contributed by atoms with van der Waals surface area (Å²) in [5.41, 5.74) is 1.90. The molecule has 0 saturated heterocycles. The third kappa shape index (κ3) is 6.10. The Kier molecular flexibility index (Phi) is 8.00. The van der Waals surface area contributed by atoms with Crippen LogP contribution in [-0.2, 0) is 22.4 Å². The minimum Gasteiger partial charge on any atom is -0.347 e. The summed E-state index contributed by atoms with van der Waals surface area (Å²) in [5, 5.41) is 13.3. The third-order valence-corrected chi connectivity index (χ3v) is 6.38. The van der Waals surface area contributed by atoms with Crippen molar-refractivity contribution in [2.45, 2.75) is 45.6 Å². The van der Waals surface area contributed by atoms with Crippen LogP contribution in [0.1, 0.15) is 55.4 Å². The summed E-state index contributed by atoms with van der Waals surface area (Å²) in [6.07, 6.45) is 2.36. The summed E-state index contributed by atoms with van der Waals surface area (Å²) in [7, 11) is 0. The van der Waals surface area contributed by atoms with Gasteiger partial charge in [-0.3, -0.25) is 14.4 Å². The van der Waals surface area contributed by atoms with Crippen LogP contribution in [0.4, 0.5) is 0 Å². The van der Waals surface area contributed by atoms with E-state index in [4.69, 9.17) is 0 Å². The minimum atomic E-state index is -0.770. The molecule has 0 saturated carbocycles. The van der Waals surface area contributed by atoms with E-state index in [-0.39, 0.29) is 11.5 Å². The van der Waals surface area contributed by atoms with Crippen LogP contribution in [0.3, 0.4) is 0 Å². The molecule has 4 rings (SSSR count). The van der Waals surface area contributed by atoms with E-state index in [1.165, 1.54) is 12.5 Å². The van der Waals surface area contributed by atoms with Crippen LogP contribution < -0.4 is 10.9 Å². The standard InChI is InChI=1S/C29H30N4O3/c1-19(30-28(35)24(20(2)34)17-8-12-21-10-4-3-5-11-21)27-29(36)31-26(32-33-27)18-23-15-9-14-22-13-6-7-16-25(22)23/h3-7,9-11,13-16,19,24H,8,12,17-18H2,1-2H3,(H,30,35)(H,31,32,36). The number of amides is 1. The number of rotatable bonds is 10. The molecule has 0 fully saturated rings. The van der Waals surface area contributed by atoms with E-state index in [1.807, 2.05) is 72.8 Å². The zero-order valence-electron chi connectivity index (χ0n) is 20.5. The second-order valence-electron chi connectivity index (χ2n) is 9.07. The molecule has 3 aromatic carbocycles. The normalized spacial score (nSPS) is 12.7. The molecule has 36 heavy (non-hydrogen) atoms. The second kappa shape index (κ2) is 11.5. The Morgan fingerprint density at radius 1 is 0.944 bits per heavy atom. The van der Waals surface area contributed by atoms with Crippen LogP contribution in [0.25, 0.3) is 10.8 Å². The van der Waals surface area contributed by atoms with Crippen molar-refractivity contribution in [3.63, 3.8) is 0 Å². The molecular weight excluding hydrogens is 452 g/mol. The molecule has 2 atom stereocenters. The number of H-pyrrole nitrogens is 1. The lowest BCUT2D eigenvalue weighted by Gasteiger charge is -2.18. The van der Waals surface area contributed by atoms with Crippen molar-refractivity contribution >= 4 is 22.5 Å². The Morgan fingerprint density at radius 2 is 1.67 bits per heavy atom. The third-order valence-electron chi connectivity index (χ3n) is 6.38. The summed E-state index contributed by atoms with van der Waals surface area (Å²) in [6.45, 7) is 3.09. The summed E-state index contributed by atoms with van der Waals surface area (Å²) in [4.78, 5) is 40.6. The van der Waals surface area contributed by atoms with Crippen molar-refractivity contribution in [1.82, 2.24) is 20.5 Å². The van der Waals surface area contributed by atoms with Gasteiger partial charge in [-0.1, -0.05) is 72.8 Å². The van der Waals surface area contributed by atoms with Crippen LogP contribution in [0.15, 0.2) is 77.6 Å². The highest BCUT2D eigenvalue weighted by Crippen LogP contribution is 2.20. The molecule has 0 bridgehead atoms. The maximum Gasteiger partial charge on any atom is 0.275 e. The van der Waals surface area contributed by atoms with Crippen molar-refractivity contribution in [2.75, 3.05) is 0 Å². The molecule has 2 unspecified atom stereocenters. The molecule has 1 aromatic heterocycles. The molecule has 2 N–H and O–H groups in total. The highest BCUT2D eigenvalue weighted by molar-refractivity contribution is 6.00. The topological polar surface area (TPSA) is 105 Å². The SMILES string of the molecule is CC(=O)C(CCCc1ccccc1)C(=O)NC(C)c1nnc(Cc2cccc3ccccc23)[nH]c1=O. The fourth-order valence-electron chi connectivity index (χ4n) is 4.43. The van der Waals surface area contributed by atoms with Gasteiger partial charge in [-0.25, -0.2) is 0 Å². The van der Waals surface area contributed by atoms with E-state index < -0.39 is 23.4 Å². The van der Waals surface area contributed by atoms with E-state index in [0.29, 0.717) is 25.1 Å². The number of aromatic amines is 1. The number of ketones is 1. The van der Waals surface area contributed by atoms with Crippen LogP contribution in [0.5, 0.6) is 0 Å². The Bertz CT molecular complexity index is 1410. The van der Waals surface area contributed by atoms with E-state index in [2.05, 4.69) is 20.5 Å². The van der Waals surface area contributed by atoms with Gasteiger partial charge in [-0.2, -0.15) is 0 Å². The predicted octanol–water partition coefficient (Wildman–Crippen LogP) is 4.31. The van der Waals surface area contributed by atoms with Gasteiger partial charge in [0.1, 0.15) is 17.3 Å². The minimum absolute atomic E-state index is 0.108. The molecule has 7 nitrogen and oxygen atoms in total. The van der Waals surface area contributed by atoms with Crippen LogP contribution in [0.2, 0.25) is 0 Å². The van der Waals surface area contributed by atoms with Crippen molar-refractivity contribution < 1.29 is 9.59 Å². The molecule has 1 heterocycles. The van der Waals surface area contributed by atoms with Gasteiger partial charge in [0.15, 0.2) is 0 Å². The number of aromatic nitrogens is 3. The highest BCUT2D eigenvalue weighted by atomic mass is 16.2. The molecule has 1 amide bonds. The van der Waals surface area contributed by atoms with Crippen LogP contribution >= 0.6 is 0 Å². The zero-order valence-corrected chi connectivity index (χ0v) is 20.5. The van der Waals surface area contributed by atoms with E-state index in [9.17, 15) is 14.4 Å². The summed E-state index contributed by atoms with van der Waals surface area (Å²) < 4.78 is 0. The number of Topliss-reactive ketones (excluding diaryl/α,β-unsaturated/α-hetero) is 1. The first-order valence-electron chi connectivity index (χ1n) is 12.2. The van der Waals surface area contributed by atoms with Gasteiger partial charge < -0.3 is 10.3 Å². The summed E-state index contributed by atoms with van der Waals surface area (Å²) in [6, 6.07) is 23.3. The first-order valence-corrected chi connectivity index (χ1v) is 12.2. The number of nitrogens with one attached hydrogen (secondary N) is 2. The monoisotopic (exact) mass is 482 g/mol. The fraction of sp³-hybridized carbons (Fsp3) is 0.276. The maximum absolute atomic E-state index is 12.9. The van der Waals surface area contributed by atoms with Gasteiger partial charge in [0, 0.05) is 6.42 Å². The molecular formula is C29H30N4O3. The lowest BCUT2D eigenvalue weighted by Crippen LogP contribution is -2.38. The number of fused-ring (bicyclic) bond motifs is 1. The largest absolute Gasteiger partial charge is 0.347 e. The number of hydrogen-bond acceptors (Lipinski definition) is 5. The quantitative estimate of drug-likeness (QED) is 0.328. The van der Waals surface area contributed by atoms with Gasteiger partial charge in [-0.15, -0.1) is 10.2 Å². The molecule has 0 aliphatic carbocycles. The first-order chi connectivity index (χ1) is 17.4. The van der Waals surface area contributed by atoms with Crippen LogP contribution in [0, 0.1) is 5.92 Å². The number of carbonyl (C=O) groups excluding carboxylic acids is 2. The average molecular weight is 483 g/mol. The molecule has 7 heteroatoms. The molecule has 0 aliphatic heterocycles. The van der Waals surface area contributed by atoms with Crippen molar-refractivity contribution in [3.05, 3.63) is 106 Å². The van der Waals surface area contributed by atoms with Gasteiger partial charge >= 0.3 is 0 Å². The van der Waals surface area contributed by atoms with E-state index >= 15 is 0 Å². The molecule has 184 valence electrons. The Morgan fingerprint density at radius 3 is 2.42 bits per heavy atom. The summed E-state index contributed by atoms with van der Waals surface area (Å²) >= 11 is 0. The smallest absolute Gasteiger partial charge is 0.275 e. The fourth-order valence-corrected chi connectivity index (χ4v) is 4.43. The zero-order chi connectivity index (χ0) is 25.5. The number of nitrogens with zero attached hydrogens (tertiary/aromatic N) is 2. The predicted molar refractivity (Wildman–Crippen MR) is 140 cm³/mol. The van der Waals surface area contributed by atoms with Crippen molar-refractivity contribution in [2.24, 2.45) is 5.92 Å². The molecule has 0 aliphatic rings. The lowest BCUT2D eigenvalue weighted by molar-refractivity contribution is -0.133. The molecule has 0 spiro atoms. The van der Waals surface area contributed by atoms with E-state index in [1.54, 1.807) is 6.92 Å². The molecule has 4 aromatic rings. The van der Waals surface area contributed by atoms with Crippen molar-refractivity contribution in [3.8, 4) is 0 Å². The maximum atomic E-state index is 12.9. The van der Waals surface area contributed by atoms with Gasteiger partial charge in [0.25, 0.3) is 5.56 Å². The first kappa shape index (κ1) is 25.0. The Labute approximate surface area is 210 Å². The van der Waals surface area contributed by atoms with Gasteiger partial charge in [0.2, 0.25) is 5.91 Å². The average Bonchev–Trinajstić information content (AvgIpc) is 2.87. The lowest BCUT2D eigenvalue weighted by atomic mass is 9.95. The Hall–Kier alpha value is -4.13. The Balaban J connectivity index is 1.40. The number of carbonyl (C=O) groups is 2. The highest BCUT2D eigenvalue weighted by Gasteiger charge is 2.26. The number of hydrogen-bond donors (Lipinski definition) is 2. The number of aryl methyl sites for hydroxylation is 1. The van der Waals surface area contributed by atoms with Gasteiger partial charge in [-0.05, 0) is 55.0 Å². The van der Waals surface area contributed by atoms with Crippen LogP contribution in [-0.4, -0.2) is 26.9 Å². The summed E-state index contributed by atoms with van der Waals surface area (Å²) in [5.74, 6) is -0.919. The second-order valence-corrected chi connectivity index (χ2v) is 9.07. The van der Waals surface area contributed by atoms with Gasteiger partial charge in [0.05, 0.1) is 12.0 Å². The number of benzene rings is 3. The molecule has 0 radical (unpaired) electrons. The van der Waals surface area contributed by atoms with Crippen molar-refractivity contribution in [1.29, 1.82) is 0 Å². The van der Waals surface area contributed by atoms with E-state index in [0.717, 1.165) is 22.8 Å².